The molecule has 9 rings (SSSR count). The second kappa shape index (κ2) is 12.7. The number of aromatic hydroxyl groups is 1. The number of rotatable bonds is 2. The third-order valence-electron chi connectivity index (χ3n) is 11.1. The number of fused-ring (bicyclic) bond motifs is 7. The minimum atomic E-state index is -1.80. The molecule has 1 saturated carbocycles. The molecule has 15 nitrogen and oxygen atoms in total. The van der Waals surface area contributed by atoms with Crippen LogP contribution in [-0.4, -0.2) is 98.4 Å². The van der Waals surface area contributed by atoms with E-state index < -0.39 is 65.4 Å². The average Bonchev–Trinajstić information content (AvgIpc) is 3.60. The normalized spacial score (nSPS) is 28.3. The Morgan fingerprint density at radius 2 is 1.56 bits per heavy atom. The lowest BCUT2D eigenvalue weighted by Gasteiger charge is -2.49. The molecule has 1 spiro atoms. The lowest BCUT2D eigenvalue weighted by atomic mass is 9.76. The number of benzene rings is 3. The molecule has 6 aliphatic rings. The Bertz CT molecular complexity index is 2260. The van der Waals surface area contributed by atoms with Crippen LogP contribution in [0.2, 0.25) is 0 Å². The van der Waals surface area contributed by atoms with E-state index in [0.717, 1.165) is 19.3 Å². The van der Waals surface area contributed by atoms with Crippen LogP contribution in [0.15, 0.2) is 81.9 Å². The summed E-state index contributed by atoms with van der Waals surface area (Å²) in [5.41, 5.74) is 5.91. The SMILES string of the molecule is NC1=NC(=O)C2=NCN(c3ccccc3C3C=COC4(CCCCC4)C4OC(Oc5c3cc3c(c5O)C(=O)c5ccccc5C3=O)C(O)C(O)C4O)C2=N1. The summed E-state index contributed by atoms with van der Waals surface area (Å²) in [5, 5.41) is 45.9. The van der Waals surface area contributed by atoms with Gasteiger partial charge in [0.25, 0.3) is 0 Å². The first-order valence-corrected chi connectivity index (χ1v) is 17.8. The number of ketones is 2. The zero-order valence-electron chi connectivity index (χ0n) is 28.7. The van der Waals surface area contributed by atoms with E-state index in [4.69, 9.17) is 19.9 Å². The first-order valence-electron chi connectivity index (χ1n) is 17.8. The standard InChI is InChI=1S/C39H35N5O10/c40-38-42-35-26(36(51)43-38)41-17-44(35)24-11-5-4-8-19(24)18-12-15-52-39(13-6-1-7-14-39)34-31(49)30(48)32(50)37(54-34)53-33-22(18)16-23-25(29(33)47)28(46)21-10-3-2-9-20(21)27(23)45/h2-5,8-12,15-16,18,30-32,34,37,47-50H,1,6-7,13-14,17H2,(H2,40,43,51). The van der Waals surface area contributed by atoms with Crippen LogP contribution in [0.25, 0.3) is 0 Å². The van der Waals surface area contributed by atoms with Crippen molar-refractivity contribution in [2.75, 3.05) is 11.6 Å². The van der Waals surface area contributed by atoms with Crippen molar-refractivity contribution in [2.24, 2.45) is 20.7 Å². The number of allylic oxidation sites excluding steroid dienone is 1. The number of carbonyl (C=O) groups is 3. The average molecular weight is 734 g/mol. The highest BCUT2D eigenvalue weighted by Gasteiger charge is 2.56. The van der Waals surface area contributed by atoms with Crippen LogP contribution in [0.1, 0.15) is 81.0 Å². The highest BCUT2D eigenvalue weighted by molar-refractivity contribution is 6.72. The van der Waals surface area contributed by atoms with Crippen molar-refractivity contribution in [1.29, 1.82) is 0 Å². The first-order chi connectivity index (χ1) is 26.1. The topological polar surface area (TPSA) is 226 Å². The molecule has 15 heteroatoms. The van der Waals surface area contributed by atoms with E-state index in [1.807, 2.05) is 0 Å². The van der Waals surface area contributed by atoms with Gasteiger partial charge in [0, 0.05) is 33.9 Å². The summed E-state index contributed by atoms with van der Waals surface area (Å²) >= 11 is 0. The minimum Gasteiger partial charge on any atom is -0.504 e. The van der Waals surface area contributed by atoms with E-state index >= 15 is 0 Å². The number of phenols is 1. The van der Waals surface area contributed by atoms with Crippen molar-refractivity contribution in [2.45, 2.75) is 74.3 Å². The van der Waals surface area contributed by atoms with Gasteiger partial charge in [0.1, 0.15) is 36.7 Å². The molecule has 2 aliphatic carbocycles. The number of nitrogens with zero attached hydrogens (tertiary/aromatic N) is 4. The molecule has 276 valence electrons. The number of para-hydroxylation sites is 1. The maximum absolute atomic E-state index is 14.1. The molecule has 0 radical (unpaired) electrons. The number of amides is 1. The molecule has 6 atom stereocenters. The monoisotopic (exact) mass is 733 g/mol. The lowest BCUT2D eigenvalue weighted by Crippen LogP contribution is -2.66. The number of hydrogen-bond acceptors (Lipinski definition) is 14. The molecular weight excluding hydrogens is 698 g/mol. The van der Waals surface area contributed by atoms with Gasteiger partial charge in [0.2, 0.25) is 12.2 Å². The van der Waals surface area contributed by atoms with E-state index in [-0.39, 0.29) is 57.7 Å². The molecule has 6 N–H and O–H groups in total. The molecule has 2 fully saturated rings. The number of phenolic OH excluding ortho intramolecular Hbond substituents is 1. The predicted molar refractivity (Wildman–Crippen MR) is 192 cm³/mol. The molecule has 2 bridgehead atoms. The Labute approximate surface area is 307 Å². The van der Waals surface area contributed by atoms with Crippen molar-refractivity contribution < 1.29 is 49.0 Å². The first kappa shape index (κ1) is 34.1. The fourth-order valence-electron chi connectivity index (χ4n) is 8.50. The van der Waals surface area contributed by atoms with Gasteiger partial charge in [-0.15, -0.1) is 0 Å². The van der Waals surface area contributed by atoms with E-state index in [1.165, 1.54) is 24.5 Å². The summed E-state index contributed by atoms with van der Waals surface area (Å²) in [6.45, 7) is -0.00209. The number of aliphatic hydroxyl groups excluding tert-OH is 3. The second-order valence-electron chi connectivity index (χ2n) is 14.2. The van der Waals surface area contributed by atoms with Crippen LogP contribution in [-0.2, 0) is 14.3 Å². The van der Waals surface area contributed by atoms with Crippen molar-refractivity contribution in [3.8, 4) is 11.5 Å². The zero-order chi connectivity index (χ0) is 37.5. The van der Waals surface area contributed by atoms with E-state index in [9.17, 15) is 34.8 Å². The van der Waals surface area contributed by atoms with Gasteiger partial charge in [-0.05, 0) is 49.5 Å². The molecule has 4 heterocycles. The van der Waals surface area contributed by atoms with Gasteiger partial charge in [0.15, 0.2) is 34.6 Å². The van der Waals surface area contributed by atoms with Gasteiger partial charge in [-0.3, -0.25) is 19.4 Å². The Kier molecular flexibility index (Phi) is 8.01. The highest BCUT2D eigenvalue weighted by Crippen LogP contribution is 2.50. The van der Waals surface area contributed by atoms with Gasteiger partial charge in [-0.25, -0.2) is 0 Å². The Hall–Kier alpha value is -5.74. The van der Waals surface area contributed by atoms with Gasteiger partial charge >= 0.3 is 5.91 Å². The van der Waals surface area contributed by atoms with Crippen LogP contribution in [0, 0.1) is 0 Å². The summed E-state index contributed by atoms with van der Waals surface area (Å²) in [6, 6.07) is 14.9. The zero-order valence-corrected chi connectivity index (χ0v) is 28.7. The summed E-state index contributed by atoms with van der Waals surface area (Å²) in [5.74, 6) is -3.69. The summed E-state index contributed by atoms with van der Waals surface area (Å²) in [6.07, 6.45) is -1.45. The molecule has 1 amide bonds. The highest BCUT2D eigenvalue weighted by atomic mass is 16.7. The van der Waals surface area contributed by atoms with Gasteiger partial charge in [-0.1, -0.05) is 48.9 Å². The summed E-state index contributed by atoms with van der Waals surface area (Å²) < 4.78 is 19.3. The lowest BCUT2D eigenvalue weighted by molar-refractivity contribution is -0.308. The van der Waals surface area contributed by atoms with Crippen LogP contribution < -0.4 is 15.4 Å². The number of hydrogen-bond donors (Lipinski definition) is 5. The van der Waals surface area contributed by atoms with Crippen LogP contribution in [0.3, 0.4) is 0 Å². The molecule has 3 aromatic rings. The molecule has 0 aromatic heterocycles. The number of amidine groups is 1. The largest absolute Gasteiger partial charge is 0.504 e. The number of anilines is 1. The third kappa shape index (κ3) is 5.10. The molecule has 6 unspecified atom stereocenters. The Morgan fingerprint density at radius 1 is 0.833 bits per heavy atom. The minimum absolute atomic E-state index is 0.00209. The van der Waals surface area contributed by atoms with Crippen molar-refractivity contribution in [3.63, 3.8) is 0 Å². The van der Waals surface area contributed by atoms with Gasteiger partial charge in [0.05, 0.1) is 11.8 Å². The van der Waals surface area contributed by atoms with Gasteiger partial charge in [-0.2, -0.15) is 9.98 Å². The van der Waals surface area contributed by atoms with Crippen LogP contribution in [0.4, 0.5) is 5.69 Å². The maximum atomic E-state index is 14.1. The van der Waals surface area contributed by atoms with Crippen molar-refractivity contribution in [3.05, 3.63) is 100 Å². The van der Waals surface area contributed by atoms with Crippen molar-refractivity contribution in [1.82, 2.24) is 0 Å². The molecule has 54 heavy (non-hydrogen) atoms. The smallest absolute Gasteiger partial charge is 0.302 e. The summed E-state index contributed by atoms with van der Waals surface area (Å²) in [7, 11) is 0. The quantitative estimate of drug-likeness (QED) is 0.200. The fraction of sp³-hybridized carbons (Fsp3) is 0.333. The molecule has 3 aromatic carbocycles. The molecule has 1 saturated heterocycles. The summed E-state index contributed by atoms with van der Waals surface area (Å²) in [4.78, 5) is 54.9. The van der Waals surface area contributed by atoms with E-state index in [1.54, 1.807) is 47.4 Å². The number of ether oxygens (including phenoxy) is 3. The maximum Gasteiger partial charge on any atom is 0.302 e. The van der Waals surface area contributed by atoms with Crippen molar-refractivity contribution >= 4 is 40.7 Å². The number of guanidine groups is 1. The molecule has 4 aliphatic heterocycles. The van der Waals surface area contributed by atoms with E-state index in [2.05, 4.69) is 15.0 Å². The second-order valence-corrected chi connectivity index (χ2v) is 14.2. The van der Waals surface area contributed by atoms with E-state index in [0.29, 0.717) is 24.1 Å². The number of carbonyl (C=O) groups excluding carboxylic acids is 3. The van der Waals surface area contributed by atoms with Crippen LogP contribution in [0.5, 0.6) is 11.5 Å². The van der Waals surface area contributed by atoms with Crippen LogP contribution >= 0.6 is 0 Å². The number of aliphatic imine (C=N–C) groups is 3. The Morgan fingerprint density at radius 3 is 2.33 bits per heavy atom. The predicted octanol–water partition coefficient (Wildman–Crippen LogP) is 2.20. The Balaban J connectivity index is 1.28. The number of nitrogens with two attached hydrogens (primary N) is 1. The number of aliphatic hydroxyl groups is 3. The fourth-order valence-corrected chi connectivity index (χ4v) is 8.50. The third-order valence-corrected chi connectivity index (χ3v) is 11.1. The molecular formula is C39H35N5O10. The van der Waals surface area contributed by atoms with Gasteiger partial charge < -0.3 is 45.3 Å².